The van der Waals surface area contributed by atoms with Gasteiger partial charge in [-0.25, -0.2) is 20.1 Å². The lowest BCUT2D eigenvalue weighted by molar-refractivity contribution is -0.141. The highest BCUT2D eigenvalue weighted by molar-refractivity contribution is 5.79. The highest BCUT2D eigenvalue weighted by atomic mass is 19.4. The quantitative estimate of drug-likeness (QED) is 0.407. The van der Waals surface area contributed by atoms with Gasteiger partial charge in [-0.1, -0.05) is 0 Å². The Morgan fingerprint density at radius 2 is 2.04 bits per heavy atom. The molecule has 3 aromatic heterocycles. The average Bonchev–Trinajstić information content (AvgIpc) is 3.15. The Labute approximate surface area is 156 Å². The molecule has 3 aromatic rings. The summed E-state index contributed by atoms with van der Waals surface area (Å²) in [6, 6.07) is 0.837. The van der Waals surface area contributed by atoms with E-state index in [4.69, 9.17) is 0 Å². The van der Waals surface area contributed by atoms with Crippen LogP contribution in [0, 0.1) is 12.9 Å². The third kappa shape index (κ3) is 4.00. The first-order chi connectivity index (χ1) is 13.2. The van der Waals surface area contributed by atoms with E-state index in [1.165, 1.54) is 10.9 Å². The van der Waals surface area contributed by atoms with Crippen LogP contribution in [0.2, 0.25) is 0 Å². The second kappa shape index (κ2) is 7.37. The molecule has 12 heteroatoms. The summed E-state index contributed by atoms with van der Waals surface area (Å²) >= 11 is 0. The molecule has 28 heavy (non-hydrogen) atoms. The summed E-state index contributed by atoms with van der Waals surface area (Å²) < 4.78 is 56.1. The van der Waals surface area contributed by atoms with Gasteiger partial charge in [-0.05, 0) is 19.9 Å². The molecule has 0 aliphatic heterocycles. The molecule has 0 amide bonds. The van der Waals surface area contributed by atoms with Crippen LogP contribution in [0.1, 0.15) is 23.9 Å². The van der Waals surface area contributed by atoms with Crippen molar-refractivity contribution in [2.75, 3.05) is 5.43 Å². The zero-order chi connectivity index (χ0) is 20.5. The standard InChI is InChI=1S/C16H16F4N8/c1-4-28-14(17)10(7-22-28)6-21-25-15-23-12(5-13(24-15)16(18,19)20)11-8-27(3)26-9(11)2/h5-8H,4H2,1-3H3,(H,23,24,25)/b21-6+. The number of hydrazone groups is 1. The van der Waals surface area contributed by atoms with Crippen molar-refractivity contribution >= 4 is 12.2 Å². The molecule has 0 aromatic carbocycles. The van der Waals surface area contributed by atoms with Gasteiger partial charge in [-0.2, -0.15) is 32.9 Å². The average molecular weight is 396 g/mol. The Hall–Kier alpha value is -3.31. The molecule has 0 saturated carbocycles. The molecular weight excluding hydrogens is 380 g/mol. The monoisotopic (exact) mass is 396 g/mol. The van der Waals surface area contributed by atoms with Crippen molar-refractivity contribution in [1.82, 2.24) is 29.5 Å². The Kier molecular flexibility index (Phi) is 5.12. The maximum Gasteiger partial charge on any atom is 0.433 e. The number of alkyl halides is 3. The fourth-order valence-electron chi connectivity index (χ4n) is 2.48. The minimum Gasteiger partial charge on any atom is -0.275 e. The molecule has 0 atom stereocenters. The van der Waals surface area contributed by atoms with E-state index in [2.05, 4.69) is 30.7 Å². The third-order valence-corrected chi connectivity index (χ3v) is 3.77. The largest absolute Gasteiger partial charge is 0.433 e. The van der Waals surface area contributed by atoms with E-state index in [9.17, 15) is 17.6 Å². The second-order valence-electron chi connectivity index (χ2n) is 5.84. The topological polar surface area (TPSA) is 85.8 Å². The maximum absolute atomic E-state index is 13.9. The molecule has 0 saturated heterocycles. The summed E-state index contributed by atoms with van der Waals surface area (Å²) in [6.07, 6.45) is -0.781. The van der Waals surface area contributed by atoms with E-state index in [-0.39, 0.29) is 17.2 Å². The van der Waals surface area contributed by atoms with E-state index in [0.29, 0.717) is 17.8 Å². The molecule has 3 heterocycles. The lowest BCUT2D eigenvalue weighted by atomic mass is 10.1. The molecule has 0 unspecified atom stereocenters. The van der Waals surface area contributed by atoms with Crippen LogP contribution in [-0.4, -0.2) is 35.7 Å². The number of nitrogens with one attached hydrogen (secondary N) is 1. The number of aromatic nitrogens is 6. The Balaban J connectivity index is 1.93. The van der Waals surface area contributed by atoms with Crippen molar-refractivity contribution in [1.29, 1.82) is 0 Å². The number of hydrogen-bond donors (Lipinski definition) is 1. The van der Waals surface area contributed by atoms with E-state index in [1.54, 1.807) is 27.1 Å². The van der Waals surface area contributed by atoms with E-state index in [0.717, 1.165) is 17.0 Å². The third-order valence-electron chi connectivity index (χ3n) is 3.77. The van der Waals surface area contributed by atoms with Crippen molar-refractivity contribution in [2.24, 2.45) is 12.1 Å². The molecule has 0 aliphatic rings. The van der Waals surface area contributed by atoms with Crippen LogP contribution < -0.4 is 5.43 Å². The van der Waals surface area contributed by atoms with Gasteiger partial charge in [-0.15, -0.1) is 0 Å². The first-order valence-electron chi connectivity index (χ1n) is 8.16. The van der Waals surface area contributed by atoms with Crippen LogP contribution in [0.4, 0.5) is 23.5 Å². The SMILES string of the molecule is CCn1ncc(/C=N/Nc2nc(-c3cn(C)nc3C)cc(C(F)(F)F)n2)c1F. The predicted octanol–water partition coefficient (Wildman–Crippen LogP) is 3.01. The Morgan fingerprint density at radius 3 is 2.61 bits per heavy atom. The summed E-state index contributed by atoms with van der Waals surface area (Å²) in [7, 11) is 1.65. The summed E-state index contributed by atoms with van der Waals surface area (Å²) in [6.45, 7) is 3.70. The molecule has 148 valence electrons. The van der Waals surface area contributed by atoms with E-state index >= 15 is 0 Å². The van der Waals surface area contributed by atoms with Crippen molar-refractivity contribution < 1.29 is 17.6 Å². The van der Waals surface area contributed by atoms with Gasteiger partial charge in [0.05, 0.1) is 29.4 Å². The fraction of sp³-hybridized carbons (Fsp3) is 0.312. The van der Waals surface area contributed by atoms with Gasteiger partial charge in [0.1, 0.15) is 0 Å². The normalized spacial score (nSPS) is 12.1. The molecular formula is C16H16F4N8. The van der Waals surface area contributed by atoms with Crippen LogP contribution in [-0.2, 0) is 19.8 Å². The van der Waals surface area contributed by atoms with E-state index in [1.807, 2.05) is 0 Å². The van der Waals surface area contributed by atoms with Crippen molar-refractivity contribution in [2.45, 2.75) is 26.6 Å². The van der Waals surface area contributed by atoms with Crippen LogP contribution in [0.5, 0.6) is 0 Å². The number of hydrogen-bond acceptors (Lipinski definition) is 6. The maximum atomic E-state index is 13.9. The van der Waals surface area contributed by atoms with Gasteiger partial charge in [0, 0.05) is 25.4 Å². The molecule has 0 spiro atoms. The van der Waals surface area contributed by atoms with Gasteiger partial charge in [0.2, 0.25) is 11.9 Å². The smallest absolute Gasteiger partial charge is 0.275 e. The van der Waals surface area contributed by atoms with Crippen LogP contribution in [0.15, 0.2) is 23.6 Å². The van der Waals surface area contributed by atoms with Crippen molar-refractivity contribution in [3.05, 3.63) is 41.4 Å². The van der Waals surface area contributed by atoms with Crippen molar-refractivity contribution in [3.63, 3.8) is 0 Å². The lowest BCUT2D eigenvalue weighted by Gasteiger charge is -2.09. The number of nitrogens with zero attached hydrogens (tertiary/aromatic N) is 7. The van der Waals surface area contributed by atoms with Crippen molar-refractivity contribution in [3.8, 4) is 11.3 Å². The lowest BCUT2D eigenvalue weighted by Crippen LogP contribution is -2.11. The van der Waals surface area contributed by atoms with Crippen LogP contribution in [0.3, 0.4) is 0 Å². The first-order valence-corrected chi connectivity index (χ1v) is 8.16. The number of halogens is 4. The van der Waals surface area contributed by atoms with Gasteiger partial charge >= 0.3 is 6.18 Å². The Morgan fingerprint density at radius 1 is 1.29 bits per heavy atom. The first kappa shape index (κ1) is 19.5. The zero-order valence-electron chi connectivity index (χ0n) is 15.2. The second-order valence-corrected chi connectivity index (χ2v) is 5.84. The number of anilines is 1. The molecule has 0 aliphatic carbocycles. The van der Waals surface area contributed by atoms with E-state index < -0.39 is 17.8 Å². The molecule has 1 N–H and O–H groups in total. The summed E-state index contributed by atoms with van der Waals surface area (Å²) in [5.41, 5.74) is 2.23. The highest BCUT2D eigenvalue weighted by Crippen LogP contribution is 2.31. The summed E-state index contributed by atoms with van der Waals surface area (Å²) in [4.78, 5) is 7.50. The molecule has 0 bridgehead atoms. The van der Waals surface area contributed by atoms with Crippen LogP contribution >= 0.6 is 0 Å². The minimum atomic E-state index is -4.68. The summed E-state index contributed by atoms with van der Waals surface area (Å²) in [5.74, 6) is -0.989. The predicted molar refractivity (Wildman–Crippen MR) is 93.0 cm³/mol. The molecule has 8 nitrogen and oxygen atoms in total. The van der Waals surface area contributed by atoms with Crippen LogP contribution in [0.25, 0.3) is 11.3 Å². The molecule has 0 fully saturated rings. The number of aryl methyl sites for hydroxylation is 3. The highest BCUT2D eigenvalue weighted by Gasteiger charge is 2.34. The molecule has 3 rings (SSSR count). The van der Waals surface area contributed by atoms with Gasteiger partial charge < -0.3 is 0 Å². The van der Waals surface area contributed by atoms with Gasteiger partial charge in [0.25, 0.3) is 0 Å². The Bertz CT molecular complexity index is 1020. The fourth-order valence-corrected chi connectivity index (χ4v) is 2.48. The number of rotatable bonds is 5. The minimum absolute atomic E-state index is 0.0376. The zero-order valence-corrected chi connectivity index (χ0v) is 15.2. The molecule has 0 radical (unpaired) electrons. The summed E-state index contributed by atoms with van der Waals surface area (Å²) in [5, 5.41) is 11.6. The van der Waals surface area contributed by atoms with Gasteiger partial charge in [-0.3, -0.25) is 4.68 Å². The van der Waals surface area contributed by atoms with Gasteiger partial charge in [0.15, 0.2) is 5.69 Å².